The maximum Gasteiger partial charge on any atom is 0.192 e. The van der Waals surface area contributed by atoms with Gasteiger partial charge in [0.1, 0.15) is 0 Å². The Balaban J connectivity index is 1.71. The van der Waals surface area contributed by atoms with Gasteiger partial charge in [-0.05, 0) is 43.1 Å². The van der Waals surface area contributed by atoms with Crippen molar-refractivity contribution >= 4 is 30.6 Å². The molecule has 2 heterocycles. The summed E-state index contributed by atoms with van der Waals surface area (Å²) in [5, 5.41) is 5.81. The molecular weight excluding hydrogens is 368 g/mol. The van der Waals surface area contributed by atoms with Gasteiger partial charge >= 0.3 is 0 Å². The predicted molar refractivity (Wildman–Crippen MR) is 120 cm³/mol. The normalized spacial score (nSPS) is 16.9. The van der Waals surface area contributed by atoms with Crippen molar-refractivity contribution in [2.75, 3.05) is 37.4 Å². The summed E-state index contributed by atoms with van der Waals surface area (Å²) in [6.07, 6.45) is 4.33. The molecule has 1 aromatic heterocycles. The average molecular weight is 405 g/mol. The SMILES string of the molecule is COCCn1ncc2cc(N)c(N3CCC(O[Si](C)(C)C(C)(C)C)CC3)cc21. The third kappa shape index (κ3) is 4.36. The lowest BCUT2D eigenvalue weighted by Crippen LogP contribution is -2.47. The number of aromatic nitrogens is 2. The summed E-state index contributed by atoms with van der Waals surface area (Å²) in [5.74, 6) is 0. The average Bonchev–Trinajstić information content (AvgIpc) is 3.00. The first-order valence-electron chi connectivity index (χ1n) is 10.3. The number of benzene rings is 1. The summed E-state index contributed by atoms with van der Waals surface area (Å²) in [5.41, 5.74) is 9.44. The Morgan fingerprint density at radius 3 is 2.50 bits per heavy atom. The van der Waals surface area contributed by atoms with Crippen LogP contribution in [0.1, 0.15) is 33.6 Å². The van der Waals surface area contributed by atoms with Gasteiger partial charge in [0.15, 0.2) is 8.32 Å². The van der Waals surface area contributed by atoms with E-state index < -0.39 is 8.32 Å². The zero-order valence-electron chi connectivity index (χ0n) is 18.3. The topological polar surface area (TPSA) is 65.5 Å². The summed E-state index contributed by atoms with van der Waals surface area (Å²) < 4.78 is 13.8. The smallest absolute Gasteiger partial charge is 0.192 e. The zero-order valence-corrected chi connectivity index (χ0v) is 19.3. The lowest BCUT2D eigenvalue weighted by atomic mass is 10.1. The molecule has 0 spiro atoms. The molecule has 1 aliphatic rings. The van der Waals surface area contributed by atoms with E-state index in [0.29, 0.717) is 12.7 Å². The molecule has 0 unspecified atom stereocenters. The third-order valence-corrected chi connectivity index (χ3v) is 10.9. The Morgan fingerprint density at radius 2 is 1.89 bits per heavy atom. The first-order valence-corrected chi connectivity index (χ1v) is 13.2. The van der Waals surface area contributed by atoms with E-state index in [2.05, 4.69) is 49.9 Å². The van der Waals surface area contributed by atoms with Gasteiger partial charge in [0, 0.05) is 31.7 Å². The molecule has 2 N–H and O–H groups in total. The van der Waals surface area contributed by atoms with E-state index in [0.717, 1.165) is 54.8 Å². The highest BCUT2D eigenvalue weighted by Crippen LogP contribution is 2.39. The molecule has 0 bridgehead atoms. The Labute approximate surface area is 170 Å². The summed E-state index contributed by atoms with van der Waals surface area (Å²) in [7, 11) is -0.00526. The largest absolute Gasteiger partial charge is 0.414 e. The minimum Gasteiger partial charge on any atom is -0.414 e. The summed E-state index contributed by atoms with van der Waals surface area (Å²) in [6, 6.07) is 4.22. The van der Waals surface area contributed by atoms with E-state index in [-0.39, 0.29) is 5.04 Å². The fraction of sp³-hybridized carbons (Fsp3) is 0.667. The second-order valence-corrected chi connectivity index (χ2v) is 14.2. The zero-order chi connectivity index (χ0) is 20.5. The Hall–Kier alpha value is -1.57. The maximum absolute atomic E-state index is 6.63. The molecule has 0 saturated carbocycles. The van der Waals surface area contributed by atoms with Crippen LogP contribution in [0.5, 0.6) is 0 Å². The van der Waals surface area contributed by atoms with E-state index >= 15 is 0 Å². The van der Waals surface area contributed by atoms with Gasteiger partial charge in [0.05, 0.1) is 36.2 Å². The third-order valence-electron chi connectivity index (χ3n) is 6.35. The van der Waals surface area contributed by atoms with Crippen molar-refractivity contribution in [1.29, 1.82) is 0 Å². The Morgan fingerprint density at radius 1 is 1.21 bits per heavy atom. The quantitative estimate of drug-likeness (QED) is 0.576. The molecule has 156 valence electrons. The number of hydrogen-bond donors (Lipinski definition) is 1. The van der Waals surface area contributed by atoms with Crippen molar-refractivity contribution in [3.05, 3.63) is 18.3 Å². The molecule has 0 atom stereocenters. The van der Waals surface area contributed by atoms with Gasteiger partial charge in [-0.15, -0.1) is 0 Å². The molecule has 1 fully saturated rings. The van der Waals surface area contributed by atoms with Crippen LogP contribution < -0.4 is 10.6 Å². The number of ether oxygens (including phenoxy) is 1. The van der Waals surface area contributed by atoms with Crippen molar-refractivity contribution in [2.45, 2.75) is 64.4 Å². The molecule has 2 aromatic rings. The molecular formula is C21H36N4O2Si. The van der Waals surface area contributed by atoms with Crippen LogP contribution in [0.3, 0.4) is 0 Å². The number of piperidine rings is 1. The molecule has 6 nitrogen and oxygen atoms in total. The van der Waals surface area contributed by atoms with Crippen molar-refractivity contribution in [1.82, 2.24) is 9.78 Å². The van der Waals surface area contributed by atoms with Crippen molar-refractivity contribution < 1.29 is 9.16 Å². The minimum atomic E-state index is -1.72. The second kappa shape index (κ2) is 8.04. The number of hydrogen-bond acceptors (Lipinski definition) is 5. The van der Waals surface area contributed by atoms with Gasteiger partial charge in [-0.1, -0.05) is 20.8 Å². The standard InChI is InChI=1S/C21H36N4O2Si/c1-21(2,3)28(5,6)27-17-7-9-24(10-8-17)20-14-19-16(13-18(20)22)15-23-25(19)11-12-26-4/h13-15,17H,7-12,22H2,1-6H3. The van der Waals surface area contributed by atoms with Crippen LogP contribution in [0, 0.1) is 0 Å². The van der Waals surface area contributed by atoms with Crippen LogP contribution in [0.2, 0.25) is 18.1 Å². The van der Waals surface area contributed by atoms with E-state index in [9.17, 15) is 0 Å². The molecule has 0 aliphatic carbocycles. The number of rotatable bonds is 6. The van der Waals surface area contributed by atoms with E-state index in [1.807, 2.05) is 16.9 Å². The number of fused-ring (bicyclic) bond motifs is 1. The van der Waals surface area contributed by atoms with Crippen LogP contribution in [-0.2, 0) is 15.7 Å². The molecule has 1 aromatic carbocycles. The van der Waals surface area contributed by atoms with Gasteiger partial charge in [0.2, 0.25) is 0 Å². The maximum atomic E-state index is 6.63. The van der Waals surface area contributed by atoms with E-state index in [1.54, 1.807) is 7.11 Å². The number of nitrogens with two attached hydrogens (primary N) is 1. The van der Waals surface area contributed by atoms with Gasteiger partial charge in [-0.2, -0.15) is 5.10 Å². The Kier molecular flexibility index (Phi) is 6.07. The van der Waals surface area contributed by atoms with Gasteiger partial charge in [0.25, 0.3) is 0 Å². The molecule has 7 heteroatoms. The van der Waals surface area contributed by atoms with Crippen molar-refractivity contribution in [3.63, 3.8) is 0 Å². The monoisotopic (exact) mass is 404 g/mol. The lowest BCUT2D eigenvalue weighted by molar-refractivity contribution is 0.152. The van der Waals surface area contributed by atoms with E-state index in [4.69, 9.17) is 14.9 Å². The van der Waals surface area contributed by atoms with Crippen LogP contribution in [-0.4, -0.2) is 51.0 Å². The number of anilines is 2. The van der Waals surface area contributed by atoms with Crippen LogP contribution >= 0.6 is 0 Å². The van der Waals surface area contributed by atoms with Crippen LogP contribution in [0.25, 0.3) is 10.9 Å². The molecule has 3 rings (SSSR count). The number of nitrogens with zero attached hydrogens (tertiary/aromatic N) is 3. The molecule has 0 radical (unpaired) electrons. The highest BCUT2D eigenvalue weighted by Gasteiger charge is 2.39. The van der Waals surface area contributed by atoms with Crippen LogP contribution in [0.15, 0.2) is 18.3 Å². The predicted octanol–water partition coefficient (Wildman–Crippen LogP) is 4.26. The number of nitrogen functional groups attached to an aromatic ring is 1. The van der Waals surface area contributed by atoms with E-state index in [1.165, 1.54) is 0 Å². The second-order valence-electron chi connectivity index (χ2n) is 9.39. The van der Waals surface area contributed by atoms with Crippen molar-refractivity contribution in [2.24, 2.45) is 0 Å². The fourth-order valence-corrected chi connectivity index (χ4v) is 4.99. The number of methoxy groups -OCH3 is 1. The first kappa shape index (κ1) is 21.1. The van der Waals surface area contributed by atoms with Gasteiger partial charge in [-0.25, -0.2) is 0 Å². The minimum absolute atomic E-state index is 0.250. The summed E-state index contributed by atoms with van der Waals surface area (Å²) in [4.78, 5) is 2.40. The first-order chi connectivity index (χ1) is 13.1. The molecule has 28 heavy (non-hydrogen) atoms. The van der Waals surface area contributed by atoms with Gasteiger partial charge < -0.3 is 19.8 Å². The Bertz CT molecular complexity index is 805. The summed E-state index contributed by atoms with van der Waals surface area (Å²) >= 11 is 0. The fourth-order valence-electron chi connectivity index (χ4n) is 3.57. The highest BCUT2D eigenvalue weighted by molar-refractivity contribution is 6.74. The van der Waals surface area contributed by atoms with Crippen molar-refractivity contribution in [3.8, 4) is 0 Å². The highest BCUT2D eigenvalue weighted by atomic mass is 28.4. The lowest BCUT2D eigenvalue weighted by Gasteiger charge is -2.42. The molecule has 1 saturated heterocycles. The molecule has 0 amide bonds. The summed E-state index contributed by atoms with van der Waals surface area (Å²) in [6.45, 7) is 14.9. The van der Waals surface area contributed by atoms with Gasteiger partial charge in [-0.3, -0.25) is 4.68 Å². The molecule has 1 aliphatic heterocycles. The van der Waals surface area contributed by atoms with Crippen LogP contribution in [0.4, 0.5) is 11.4 Å².